The van der Waals surface area contributed by atoms with Crippen LogP contribution in [0.3, 0.4) is 0 Å². The fraction of sp³-hybridized carbons (Fsp3) is 0.0714. The molecule has 2 heteroatoms. The number of fused-ring (bicyclic) bond motifs is 1. The number of hydrogen-bond acceptors (Lipinski definition) is 1. The fourth-order valence-electron chi connectivity index (χ4n) is 1.83. The van der Waals surface area contributed by atoms with Gasteiger partial charge in [0.1, 0.15) is 0 Å². The van der Waals surface area contributed by atoms with E-state index in [1.165, 1.54) is 10.9 Å². The monoisotopic (exact) mass is 207 g/mol. The normalized spacial score (nSPS) is 10.8. The van der Waals surface area contributed by atoms with Crippen molar-refractivity contribution in [1.29, 1.82) is 0 Å². The van der Waals surface area contributed by atoms with Crippen molar-refractivity contribution in [3.63, 3.8) is 0 Å². The first kappa shape index (κ1) is 9.16. The van der Waals surface area contributed by atoms with Crippen LogP contribution in [0.2, 0.25) is 0 Å². The SMILES string of the molecule is [c]1cccn1Cc1cnc2ccccc2c1. The predicted molar refractivity (Wildman–Crippen MR) is 64.1 cm³/mol. The first-order valence-corrected chi connectivity index (χ1v) is 5.28. The molecule has 0 fully saturated rings. The zero-order chi connectivity index (χ0) is 10.8. The number of benzene rings is 1. The largest absolute Gasteiger partial charge is 0.342 e. The number of rotatable bonds is 2. The van der Waals surface area contributed by atoms with E-state index >= 15 is 0 Å². The van der Waals surface area contributed by atoms with Crippen LogP contribution in [0.15, 0.2) is 54.9 Å². The lowest BCUT2D eigenvalue weighted by molar-refractivity contribution is 0.797. The van der Waals surface area contributed by atoms with Crippen LogP contribution in [0.25, 0.3) is 10.9 Å². The highest BCUT2D eigenvalue weighted by Crippen LogP contribution is 2.13. The molecule has 1 radical (unpaired) electrons. The minimum Gasteiger partial charge on any atom is -0.342 e. The molecular weight excluding hydrogens is 196 g/mol. The molecule has 2 heterocycles. The summed E-state index contributed by atoms with van der Waals surface area (Å²) in [6.07, 6.45) is 7.06. The second-order valence-electron chi connectivity index (χ2n) is 3.80. The lowest BCUT2D eigenvalue weighted by Gasteiger charge is -2.03. The number of aromatic nitrogens is 2. The van der Waals surface area contributed by atoms with E-state index in [2.05, 4.69) is 23.3 Å². The molecule has 0 saturated carbocycles. The van der Waals surface area contributed by atoms with Gasteiger partial charge in [0, 0.05) is 24.3 Å². The molecule has 0 N–H and O–H groups in total. The number of pyridine rings is 1. The minimum absolute atomic E-state index is 0.824. The van der Waals surface area contributed by atoms with Crippen molar-refractivity contribution in [1.82, 2.24) is 9.55 Å². The van der Waals surface area contributed by atoms with Crippen molar-refractivity contribution in [2.24, 2.45) is 0 Å². The van der Waals surface area contributed by atoms with E-state index in [9.17, 15) is 0 Å². The molecule has 2 aromatic heterocycles. The summed E-state index contributed by atoms with van der Waals surface area (Å²) in [6, 6.07) is 14.2. The van der Waals surface area contributed by atoms with Crippen molar-refractivity contribution >= 4 is 10.9 Å². The maximum atomic E-state index is 4.43. The molecule has 3 rings (SSSR count). The van der Waals surface area contributed by atoms with E-state index in [0.717, 1.165) is 12.1 Å². The third kappa shape index (κ3) is 1.70. The summed E-state index contributed by atoms with van der Waals surface area (Å²) in [5.41, 5.74) is 2.24. The highest BCUT2D eigenvalue weighted by Gasteiger charge is 1.97. The lowest BCUT2D eigenvalue weighted by Crippen LogP contribution is -1.97. The third-order valence-corrected chi connectivity index (χ3v) is 2.60. The van der Waals surface area contributed by atoms with Crippen molar-refractivity contribution < 1.29 is 0 Å². The van der Waals surface area contributed by atoms with Gasteiger partial charge in [-0.3, -0.25) is 4.98 Å². The van der Waals surface area contributed by atoms with Crippen LogP contribution >= 0.6 is 0 Å². The standard InChI is InChI=1S/C14H11N2/c1-2-6-14-13(5-1)9-12(10-15-14)11-16-7-3-4-8-16/h1-7,9-10H,11H2. The number of nitrogens with zero attached hydrogens (tertiary/aromatic N) is 2. The van der Waals surface area contributed by atoms with Crippen LogP contribution in [0.5, 0.6) is 0 Å². The number of para-hydroxylation sites is 1. The smallest absolute Gasteiger partial charge is 0.0702 e. The molecule has 16 heavy (non-hydrogen) atoms. The molecule has 0 amide bonds. The predicted octanol–water partition coefficient (Wildman–Crippen LogP) is 2.88. The molecule has 0 unspecified atom stereocenters. The van der Waals surface area contributed by atoms with Gasteiger partial charge in [0.15, 0.2) is 0 Å². The van der Waals surface area contributed by atoms with Crippen molar-refractivity contribution in [3.05, 3.63) is 66.6 Å². The van der Waals surface area contributed by atoms with Crippen LogP contribution in [-0.2, 0) is 6.54 Å². The first-order valence-electron chi connectivity index (χ1n) is 5.28. The van der Waals surface area contributed by atoms with Crippen molar-refractivity contribution in [2.75, 3.05) is 0 Å². The molecule has 0 atom stereocenters. The zero-order valence-electron chi connectivity index (χ0n) is 8.80. The average Bonchev–Trinajstić information content (AvgIpc) is 2.82. The Morgan fingerprint density at radius 3 is 3.00 bits per heavy atom. The summed E-state index contributed by atoms with van der Waals surface area (Å²) in [5, 5.41) is 1.19. The highest BCUT2D eigenvalue weighted by atomic mass is 14.9. The van der Waals surface area contributed by atoms with Crippen LogP contribution in [0.4, 0.5) is 0 Å². The molecular formula is C14H11N2. The highest BCUT2D eigenvalue weighted by molar-refractivity contribution is 5.78. The molecule has 1 aromatic carbocycles. The van der Waals surface area contributed by atoms with Gasteiger partial charge in [0.05, 0.1) is 11.7 Å². The Labute approximate surface area is 94.2 Å². The maximum absolute atomic E-state index is 4.43. The summed E-state index contributed by atoms with van der Waals surface area (Å²) in [6.45, 7) is 0.824. The van der Waals surface area contributed by atoms with E-state index in [1.54, 1.807) is 0 Å². The van der Waals surface area contributed by atoms with Gasteiger partial charge in [-0.2, -0.15) is 0 Å². The van der Waals surface area contributed by atoms with Gasteiger partial charge in [-0.05, 0) is 29.8 Å². The Hall–Kier alpha value is -2.09. The average molecular weight is 207 g/mol. The molecule has 0 saturated heterocycles. The van der Waals surface area contributed by atoms with Gasteiger partial charge in [-0.25, -0.2) is 0 Å². The lowest BCUT2D eigenvalue weighted by atomic mass is 10.1. The summed E-state index contributed by atoms with van der Waals surface area (Å²) < 4.78 is 2.02. The Morgan fingerprint density at radius 1 is 1.19 bits per heavy atom. The molecule has 2 nitrogen and oxygen atoms in total. The Balaban J connectivity index is 1.99. The van der Waals surface area contributed by atoms with E-state index in [1.807, 2.05) is 47.3 Å². The van der Waals surface area contributed by atoms with Gasteiger partial charge in [0.25, 0.3) is 0 Å². The minimum atomic E-state index is 0.824. The van der Waals surface area contributed by atoms with Crippen LogP contribution in [0, 0.1) is 6.20 Å². The van der Waals surface area contributed by atoms with Gasteiger partial charge in [0.2, 0.25) is 0 Å². The Kier molecular flexibility index (Phi) is 2.18. The maximum Gasteiger partial charge on any atom is 0.0702 e. The Bertz CT molecular complexity index is 597. The van der Waals surface area contributed by atoms with Gasteiger partial charge >= 0.3 is 0 Å². The van der Waals surface area contributed by atoms with Crippen LogP contribution in [0.1, 0.15) is 5.56 Å². The van der Waals surface area contributed by atoms with Crippen molar-refractivity contribution in [3.8, 4) is 0 Å². The first-order chi connectivity index (χ1) is 7.92. The molecule has 0 aliphatic carbocycles. The molecule has 77 valence electrons. The summed E-state index contributed by atoms with van der Waals surface area (Å²) in [4.78, 5) is 4.43. The van der Waals surface area contributed by atoms with E-state index < -0.39 is 0 Å². The molecule has 0 aliphatic heterocycles. The van der Waals surface area contributed by atoms with E-state index in [-0.39, 0.29) is 0 Å². The van der Waals surface area contributed by atoms with E-state index in [0.29, 0.717) is 0 Å². The van der Waals surface area contributed by atoms with Gasteiger partial charge in [-0.15, -0.1) is 0 Å². The number of hydrogen-bond donors (Lipinski definition) is 0. The van der Waals surface area contributed by atoms with E-state index in [4.69, 9.17) is 0 Å². The zero-order valence-corrected chi connectivity index (χ0v) is 8.80. The molecule has 0 spiro atoms. The van der Waals surface area contributed by atoms with Gasteiger partial charge in [-0.1, -0.05) is 18.2 Å². The fourth-order valence-corrected chi connectivity index (χ4v) is 1.83. The third-order valence-electron chi connectivity index (χ3n) is 2.60. The van der Waals surface area contributed by atoms with Crippen LogP contribution in [-0.4, -0.2) is 9.55 Å². The van der Waals surface area contributed by atoms with Crippen LogP contribution < -0.4 is 0 Å². The molecule has 0 aliphatic rings. The molecule has 0 bridgehead atoms. The summed E-state index contributed by atoms with van der Waals surface area (Å²) in [7, 11) is 0. The quantitative estimate of drug-likeness (QED) is 0.631. The Morgan fingerprint density at radius 2 is 2.12 bits per heavy atom. The van der Waals surface area contributed by atoms with Crippen molar-refractivity contribution in [2.45, 2.75) is 6.54 Å². The second kappa shape index (κ2) is 3.81. The van der Waals surface area contributed by atoms with Gasteiger partial charge < -0.3 is 4.57 Å². The summed E-state index contributed by atoms with van der Waals surface area (Å²) in [5.74, 6) is 0. The topological polar surface area (TPSA) is 17.8 Å². The molecule has 3 aromatic rings. The second-order valence-corrected chi connectivity index (χ2v) is 3.80. The summed E-state index contributed by atoms with van der Waals surface area (Å²) >= 11 is 0.